The van der Waals surface area contributed by atoms with Gasteiger partial charge in [-0.2, -0.15) is 0 Å². The zero-order valence-corrected chi connectivity index (χ0v) is 11.0. The molecule has 0 bridgehead atoms. The number of nitrogens with zero attached hydrogens (tertiary/aromatic N) is 2. The molecule has 3 rings (SSSR count). The number of carbonyl (C=O) groups excluding carboxylic acids is 2. The third-order valence-corrected chi connectivity index (χ3v) is 3.59. The molecule has 0 radical (unpaired) electrons. The van der Waals surface area contributed by atoms with E-state index in [1.807, 2.05) is 0 Å². The van der Waals surface area contributed by atoms with Crippen LogP contribution >= 0.6 is 11.6 Å². The van der Waals surface area contributed by atoms with E-state index < -0.39 is 11.6 Å². The van der Waals surface area contributed by atoms with Gasteiger partial charge in [0.15, 0.2) is 6.29 Å². The highest BCUT2D eigenvalue weighted by atomic mass is 35.5. The number of fused-ring (bicyclic) bond motifs is 1. The van der Waals surface area contributed by atoms with Crippen LogP contribution in [0.25, 0.3) is 0 Å². The smallest absolute Gasteiger partial charge is 0.243 e. The molecule has 1 aliphatic carbocycles. The van der Waals surface area contributed by atoms with Crippen LogP contribution in [0.5, 0.6) is 0 Å². The molecule has 1 aromatic carbocycles. The number of halogens is 2. The minimum atomic E-state index is -0.748. The second-order valence-corrected chi connectivity index (χ2v) is 5.10. The monoisotopic (exact) mass is 296 g/mol. The number of rotatable bonds is 3. The van der Waals surface area contributed by atoms with E-state index in [1.165, 1.54) is 6.07 Å². The molecule has 0 aromatic heterocycles. The standard InChI is InChI=1S/C13H10ClFN2O3/c14-8-3-11-10(4-9(8)15)16(20)5-12(13(19)6-18)17(11)7-1-2-7/h3-7,20H,1-2H2. The molecule has 5 nitrogen and oxygen atoms in total. The molecule has 1 heterocycles. The number of anilines is 2. The van der Waals surface area contributed by atoms with Gasteiger partial charge in [0.25, 0.3) is 0 Å². The van der Waals surface area contributed by atoms with Crippen molar-refractivity contribution in [1.82, 2.24) is 0 Å². The molecule has 0 saturated heterocycles. The lowest BCUT2D eigenvalue weighted by molar-refractivity contribution is -0.127. The molecule has 2 aliphatic rings. The number of hydrogen-bond donors (Lipinski definition) is 1. The van der Waals surface area contributed by atoms with Crippen LogP contribution in [-0.2, 0) is 9.59 Å². The summed E-state index contributed by atoms with van der Waals surface area (Å²) >= 11 is 5.77. The number of ketones is 1. The van der Waals surface area contributed by atoms with E-state index in [0.29, 0.717) is 10.8 Å². The molecular formula is C13H10ClFN2O3. The lowest BCUT2D eigenvalue weighted by Crippen LogP contribution is -2.36. The zero-order valence-electron chi connectivity index (χ0n) is 10.2. The maximum absolute atomic E-state index is 13.5. The second kappa shape index (κ2) is 4.57. The Labute approximate surface area is 118 Å². The van der Waals surface area contributed by atoms with E-state index in [4.69, 9.17) is 11.6 Å². The van der Waals surface area contributed by atoms with Crippen molar-refractivity contribution in [2.45, 2.75) is 18.9 Å². The first-order valence-corrected chi connectivity index (χ1v) is 6.38. The van der Waals surface area contributed by atoms with E-state index in [-0.39, 0.29) is 28.7 Å². The molecule has 0 amide bonds. The van der Waals surface area contributed by atoms with E-state index in [2.05, 4.69) is 0 Å². The van der Waals surface area contributed by atoms with Crippen LogP contribution in [0.1, 0.15) is 12.8 Å². The van der Waals surface area contributed by atoms with Gasteiger partial charge in [0.1, 0.15) is 11.5 Å². The van der Waals surface area contributed by atoms with Gasteiger partial charge >= 0.3 is 0 Å². The largest absolute Gasteiger partial charge is 0.332 e. The fourth-order valence-electron chi connectivity index (χ4n) is 2.25. The summed E-state index contributed by atoms with van der Waals surface area (Å²) in [6, 6.07) is 2.49. The van der Waals surface area contributed by atoms with Gasteiger partial charge in [-0.15, -0.1) is 0 Å². The number of hydroxylamine groups is 1. The van der Waals surface area contributed by atoms with Crippen LogP contribution in [0, 0.1) is 5.82 Å². The lowest BCUT2D eigenvalue weighted by Gasteiger charge is -2.34. The van der Waals surface area contributed by atoms with E-state index >= 15 is 0 Å². The van der Waals surface area contributed by atoms with Gasteiger partial charge in [0.2, 0.25) is 5.78 Å². The summed E-state index contributed by atoms with van der Waals surface area (Å²) in [6.07, 6.45) is 3.00. The summed E-state index contributed by atoms with van der Waals surface area (Å²) in [7, 11) is 0. The number of hydrogen-bond acceptors (Lipinski definition) is 5. The molecule has 0 unspecified atom stereocenters. The summed E-state index contributed by atoms with van der Waals surface area (Å²) in [5, 5.41) is 10.4. The molecular weight excluding hydrogens is 287 g/mol. The molecule has 1 N–H and O–H groups in total. The lowest BCUT2D eigenvalue weighted by atomic mass is 10.1. The maximum Gasteiger partial charge on any atom is 0.243 e. The second-order valence-electron chi connectivity index (χ2n) is 4.70. The highest BCUT2D eigenvalue weighted by Gasteiger charge is 2.38. The number of carbonyl (C=O) groups is 2. The third kappa shape index (κ3) is 1.97. The fourth-order valence-corrected chi connectivity index (χ4v) is 2.41. The Morgan fingerprint density at radius 3 is 2.70 bits per heavy atom. The Kier molecular flexibility index (Phi) is 2.99. The average molecular weight is 297 g/mol. The molecule has 0 spiro atoms. The van der Waals surface area contributed by atoms with E-state index in [0.717, 1.165) is 25.1 Å². The summed E-state index contributed by atoms with van der Waals surface area (Å²) in [5.41, 5.74) is 0.649. The minimum Gasteiger partial charge on any atom is -0.332 e. The Balaban J connectivity index is 2.16. The molecule has 1 aliphatic heterocycles. The third-order valence-electron chi connectivity index (χ3n) is 3.30. The molecule has 1 saturated carbocycles. The average Bonchev–Trinajstić information content (AvgIpc) is 3.24. The van der Waals surface area contributed by atoms with Crippen molar-refractivity contribution in [3.05, 3.63) is 34.9 Å². The predicted molar refractivity (Wildman–Crippen MR) is 70.3 cm³/mol. The molecule has 1 fully saturated rings. The number of allylic oxidation sites excluding steroid dienone is 1. The SMILES string of the molecule is O=CC(=O)C1=CN(O)c2cc(F)c(Cl)cc2N1C1CC1. The van der Waals surface area contributed by atoms with Crippen LogP contribution in [0.4, 0.5) is 15.8 Å². The first-order chi connectivity index (χ1) is 9.52. The van der Waals surface area contributed by atoms with Crippen molar-refractivity contribution in [2.75, 3.05) is 9.96 Å². The van der Waals surface area contributed by atoms with Crippen LogP contribution in [0.3, 0.4) is 0 Å². The van der Waals surface area contributed by atoms with Crippen LogP contribution in [-0.4, -0.2) is 23.3 Å². The Bertz CT molecular complexity index is 643. The molecule has 104 valence electrons. The van der Waals surface area contributed by atoms with Crippen molar-refractivity contribution in [3.63, 3.8) is 0 Å². The van der Waals surface area contributed by atoms with Crippen LogP contribution in [0.15, 0.2) is 24.0 Å². The number of benzene rings is 1. The van der Waals surface area contributed by atoms with Gasteiger partial charge in [-0.05, 0) is 18.9 Å². The van der Waals surface area contributed by atoms with Gasteiger partial charge in [-0.25, -0.2) is 9.45 Å². The molecule has 20 heavy (non-hydrogen) atoms. The van der Waals surface area contributed by atoms with Crippen molar-refractivity contribution in [3.8, 4) is 0 Å². The molecule has 0 atom stereocenters. The topological polar surface area (TPSA) is 60.9 Å². The molecule has 1 aromatic rings. The fraction of sp³-hybridized carbons (Fsp3) is 0.231. The highest BCUT2D eigenvalue weighted by Crippen LogP contribution is 2.44. The first-order valence-electron chi connectivity index (χ1n) is 6.00. The number of aldehydes is 1. The van der Waals surface area contributed by atoms with Crippen LogP contribution < -0.4 is 9.96 Å². The summed E-state index contributed by atoms with van der Waals surface area (Å²) in [4.78, 5) is 24.1. The van der Waals surface area contributed by atoms with Crippen molar-refractivity contribution in [2.24, 2.45) is 0 Å². The van der Waals surface area contributed by atoms with Gasteiger partial charge < -0.3 is 4.90 Å². The normalized spacial score (nSPS) is 17.6. The summed E-state index contributed by atoms with van der Waals surface area (Å²) in [6.45, 7) is 0. The van der Waals surface area contributed by atoms with E-state index in [1.54, 1.807) is 4.90 Å². The molecule has 7 heteroatoms. The Morgan fingerprint density at radius 2 is 2.10 bits per heavy atom. The zero-order chi connectivity index (χ0) is 14.4. The maximum atomic E-state index is 13.5. The first kappa shape index (κ1) is 13.1. The Hall–Kier alpha value is -1.92. The van der Waals surface area contributed by atoms with Crippen molar-refractivity contribution < 1.29 is 19.2 Å². The highest BCUT2D eigenvalue weighted by molar-refractivity contribution is 6.34. The van der Waals surface area contributed by atoms with Crippen molar-refractivity contribution >= 4 is 35.0 Å². The quantitative estimate of drug-likeness (QED) is 0.685. The van der Waals surface area contributed by atoms with Gasteiger partial charge in [0, 0.05) is 12.1 Å². The van der Waals surface area contributed by atoms with E-state index in [9.17, 15) is 19.2 Å². The Morgan fingerprint density at radius 1 is 1.40 bits per heavy atom. The van der Waals surface area contributed by atoms with Gasteiger partial charge in [-0.1, -0.05) is 11.6 Å². The van der Waals surface area contributed by atoms with Gasteiger partial charge in [-0.3, -0.25) is 14.8 Å². The summed E-state index contributed by atoms with van der Waals surface area (Å²) < 4.78 is 13.5. The van der Waals surface area contributed by atoms with Gasteiger partial charge in [0.05, 0.1) is 22.6 Å². The van der Waals surface area contributed by atoms with Crippen LogP contribution in [0.2, 0.25) is 5.02 Å². The van der Waals surface area contributed by atoms with Crippen molar-refractivity contribution in [1.29, 1.82) is 0 Å². The predicted octanol–water partition coefficient (Wildman–Crippen LogP) is 2.27. The summed E-state index contributed by atoms with van der Waals surface area (Å²) in [5.74, 6) is -1.42. The number of Topliss-reactive ketones (excluding diaryl/α,β-unsaturated/α-hetero) is 1. The minimum absolute atomic E-state index is 0.0547.